The quantitative estimate of drug-likeness (QED) is 0.309. The van der Waals surface area contributed by atoms with Gasteiger partial charge in [0.25, 0.3) is 11.8 Å². The van der Waals surface area contributed by atoms with Crippen molar-refractivity contribution in [3.05, 3.63) is 83.0 Å². The predicted octanol–water partition coefficient (Wildman–Crippen LogP) is 2.78. The van der Waals surface area contributed by atoms with E-state index in [0.29, 0.717) is 12.2 Å². The van der Waals surface area contributed by atoms with Gasteiger partial charge in [-0.05, 0) is 42.5 Å². The lowest BCUT2D eigenvalue weighted by Gasteiger charge is -2.12. The highest BCUT2D eigenvalue weighted by Gasteiger charge is 2.21. The van der Waals surface area contributed by atoms with Crippen molar-refractivity contribution in [2.24, 2.45) is 0 Å². The zero-order valence-electron chi connectivity index (χ0n) is 18.6. The van der Waals surface area contributed by atoms with Crippen LogP contribution >= 0.6 is 11.6 Å². The number of sulfonamides is 1. The van der Waals surface area contributed by atoms with Crippen LogP contribution < -0.4 is 15.6 Å². The minimum absolute atomic E-state index is 0.00426. The van der Waals surface area contributed by atoms with Crippen molar-refractivity contribution in [2.75, 3.05) is 0 Å². The van der Waals surface area contributed by atoms with Crippen LogP contribution in [-0.2, 0) is 34.3 Å². The van der Waals surface area contributed by atoms with Crippen LogP contribution in [0.15, 0.2) is 70.2 Å². The smallest absolute Gasteiger partial charge is 0.269 e. The normalized spacial score (nSPS) is 11.5. The fourth-order valence-electron chi connectivity index (χ4n) is 3.46. The van der Waals surface area contributed by atoms with E-state index in [9.17, 15) is 18.0 Å². The van der Waals surface area contributed by atoms with Gasteiger partial charge in [-0.25, -0.2) is 18.1 Å². The number of nitrogens with one attached hydrogen (secondary N) is 3. The Hall–Kier alpha value is -3.67. The van der Waals surface area contributed by atoms with Gasteiger partial charge in [0.1, 0.15) is 23.0 Å². The van der Waals surface area contributed by atoms with Gasteiger partial charge >= 0.3 is 0 Å². The summed E-state index contributed by atoms with van der Waals surface area (Å²) >= 11 is 6.08. The molecule has 2 amide bonds. The average molecular weight is 516 g/mol. The maximum Gasteiger partial charge on any atom is 0.269 e. The fraction of sp³-hybridized carbons (Fsp3) is 0.174. The number of nitrogens with zero attached hydrogens (tertiary/aromatic N) is 2. The highest BCUT2D eigenvalue weighted by Crippen LogP contribution is 2.23. The summed E-state index contributed by atoms with van der Waals surface area (Å²) in [6.45, 7) is 1.80. The molecule has 0 spiro atoms. The maximum atomic E-state index is 12.7. The van der Waals surface area contributed by atoms with Crippen LogP contribution in [-0.4, -0.2) is 29.8 Å². The van der Waals surface area contributed by atoms with Crippen LogP contribution in [0.3, 0.4) is 0 Å². The summed E-state index contributed by atoms with van der Waals surface area (Å²) in [5.41, 5.74) is 6.23. The second kappa shape index (κ2) is 10.3. The standard InChI is InChI=1S/C23H22ClN5O5S/c1-2-21-26-18-7-3-4-8-19(18)29(21)14-22(30)27-28-23(31)15-9-10-17(24)20(12-15)35(32,33)25-13-16-6-5-11-34-16/h3-12,25H,2,13-14H2,1H3,(H,27,30)(H,28,31). The second-order valence-corrected chi connectivity index (χ2v) is 9.65. The summed E-state index contributed by atoms with van der Waals surface area (Å²) in [6.07, 6.45) is 2.05. The number of carbonyl (C=O) groups excluding carboxylic acids is 2. The van der Waals surface area contributed by atoms with Crippen LogP contribution in [0, 0.1) is 0 Å². The van der Waals surface area contributed by atoms with Gasteiger partial charge in [-0.1, -0.05) is 30.7 Å². The molecule has 0 aliphatic rings. The summed E-state index contributed by atoms with van der Waals surface area (Å²) in [5, 5.41) is -0.0587. The highest BCUT2D eigenvalue weighted by atomic mass is 35.5. The van der Waals surface area contributed by atoms with Crippen molar-refractivity contribution >= 4 is 44.5 Å². The van der Waals surface area contributed by atoms with Crippen LogP contribution in [0.5, 0.6) is 0 Å². The molecule has 0 saturated carbocycles. The van der Waals surface area contributed by atoms with Crippen molar-refractivity contribution in [3.8, 4) is 0 Å². The SMILES string of the molecule is CCc1nc2ccccc2n1CC(=O)NNC(=O)c1ccc(Cl)c(S(=O)(=O)NCc2ccco2)c1. The van der Waals surface area contributed by atoms with Crippen molar-refractivity contribution in [3.63, 3.8) is 0 Å². The zero-order chi connectivity index (χ0) is 25.0. The molecule has 35 heavy (non-hydrogen) atoms. The molecule has 2 heterocycles. The number of furan rings is 1. The Bertz CT molecular complexity index is 1480. The Morgan fingerprint density at radius 3 is 2.63 bits per heavy atom. The first-order valence-corrected chi connectivity index (χ1v) is 12.5. The number of amides is 2. The lowest BCUT2D eigenvalue weighted by Crippen LogP contribution is -2.43. The number of para-hydroxylation sites is 2. The first kappa shape index (κ1) is 24.5. The Morgan fingerprint density at radius 1 is 1.09 bits per heavy atom. The summed E-state index contributed by atoms with van der Waals surface area (Å²) in [7, 11) is -4.04. The summed E-state index contributed by atoms with van der Waals surface area (Å²) < 4.78 is 34.6. The number of aromatic nitrogens is 2. The van der Waals surface area contributed by atoms with E-state index in [1.54, 1.807) is 16.7 Å². The Labute approximate surface area is 206 Å². The molecule has 0 aliphatic heterocycles. The van der Waals surface area contributed by atoms with E-state index in [0.717, 1.165) is 22.9 Å². The predicted molar refractivity (Wildman–Crippen MR) is 129 cm³/mol. The van der Waals surface area contributed by atoms with Gasteiger partial charge in [0.15, 0.2) is 0 Å². The molecule has 0 unspecified atom stereocenters. The van der Waals surface area contributed by atoms with Gasteiger partial charge < -0.3 is 8.98 Å². The molecule has 182 valence electrons. The highest BCUT2D eigenvalue weighted by molar-refractivity contribution is 7.89. The third-order valence-corrected chi connectivity index (χ3v) is 7.05. The second-order valence-electron chi connectivity index (χ2n) is 7.51. The number of rotatable bonds is 8. The largest absolute Gasteiger partial charge is 0.468 e. The average Bonchev–Trinajstić information content (AvgIpc) is 3.49. The molecule has 4 rings (SSSR count). The minimum atomic E-state index is -4.04. The molecule has 10 nitrogen and oxygen atoms in total. The van der Waals surface area contributed by atoms with Crippen LogP contribution in [0.1, 0.15) is 28.9 Å². The monoisotopic (exact) mass is 515 g/mol. The molecule has 4 aromatic rings. The van der Waals surface area contributed by atoms with E-state index in [2.05, 4.69) is 20.6 Å². The van der Waals surface area contributed by atoms with E-state index in [1.165, 1.54) is 18.4 Å². The molecule has 2 aromatic carbocycles. The van der Waals surface area contributed by atoms with Crippen molar-refractivity contribution in [1.82, 2.24) is 25.1 Å². The number of fused-ring (bicyclic) bond motifs is 1. The van der Waals surface area contributed by atoms with Gasteiger partial charge in [0.05, 0.1) is 28.9 Å². The van der Waals surface area contributed by atoms with E-state index < -0.39 is 21.8 Å². The number of hydrogen-bond donors (Lipinski definition) is 3. The van der Waals surface area contributed by atoms with Crippen LogP contribution in [0.2, 0.25) is 5.02 Å². The molecule has 0 atom stereocenters. The topological polar surface area (TPSA) is 135 Å². The number of imidazole rings is 1. The first-order valence-electron chi connectivity index (χ1n) is 10.6. The lowest BCUT2D eigenvalue weighted by molar-refractivity contribution is -0.122. The maximum absolute atomic E-state index is 12.7. The third-order valence-electron chi connectivity index (χ3n) is 5.17. The molecular weight excluding hydrogens is 494 g/mol. The first-order chi connectivity index (χ1) is 16.8. The van der Waals surface area contributed by atoms with Crippen molar-refractivity contribution in [1.29, 1.82) is 0 Å². The molecule has 12 heteroatoms. The van der Waals surface area contributed by atoms with Gasteiger partial charge in [0.2, 0.25) is 10.0 Å². The number of carbonyl (C=O) groups is 2. The Morgan fingerprint density at radius 2 is 1.89 bits per heavy atom. The number of benzene rings is 2. The Kier molecular flexibility index (Phi) is 7.20. The lowest BCUT2D eigenvalue weighted by atomic mass is 10.2. The van der Waals surface area contributed by atoms with Crippen molar-refractivity contribution in [2.45, 2.75) is 31.3 Å². The Balaban J connectivity index is 1.43. The molecule has 0 saturated heterocycles. The number of hydrogen-bond acceptors (Lipinski definition) is 6. The van der Waals surface area contributed by atoms with E-state index >= 15 is 0 Å². The molecule has 2 aromatic heterocycles. The molecule has 0 aliphatic carbocycles. The fourth-order valence-corrected chi connectivity index (χ4v) is 4.98. The minimum Gasteiger partial charge on any atom is -0.468 e. The zero-order valence-corrected chi connectivity index (χ0v) is 20.2. The molecule has 3 N–H and O–H groups in total. The van der Waals surface area contributed by atoms with Gasteiger partial charge in [-0.2, -0.15) is 0 Å². The van der Waals surface area contributed by atoms with Crippen LogP contribution in [0.4, 0.5) is 0 Å². The summed E-state index contributed by atoms with van der Waals surface area (Å²) in [5.74, 6) is -0.0256. The number of hydrazine groups is 1. The van der Waals surface area contributed by atoms with E-state index in [-0.39, 0.29) is 28.6 Å². The van der Waals surface area contributed by atoms with E-state index in [1.807, 2.05) is 31.2 Å². The molecule has 0 fully saturated rings. The number of halogens is 1. The summed E-state index contributed by atoms with van der Waals surface area (Å²) in [4.78, 5) is 29.4. The van der Waals surface area contributed by atoms with Gasteiger partial charge in [-0.15, -0.1) is 0 Å². The molecular formula is C23H22ClN5O5S. The van der Waals surface area contributed by atoms with Crippen LogP contribution in [0.25, 0.3) is 11.0 Å². The molecule has 0 bridgehead atoms. The third kappa shape index (κ3) is 5.53. The number of aryl methyl sites for hydroxylation is 1. The van der Waals surface area contributed by atoms with Gasteiger partial charge in [0, 0.05) is 12.0 Å². The molecule has 0 radical (unpaired) electrons. The summed E-state index contributed by atoms with van der Waals surface area (Å²) in [6, 6.07) is 14.5. The van der Waals surface area contributed by atoms with Gasteiger partial charge in [-0.3, -0.25) is 20.4 Å². The van der Waals surface area contributed by atoms with Crippen molar-refractivity contribution < 1.29 is 22.4 Å². The van der Waals surface area contributed by atoms with E-state index in [4.69, 9.17) is 16.0 Å².